The molecule has 4 aliphatic rings. The molecule has 12 rings (SSSR count). The lowest BCUT2D eigenvalue weighted by atomic mass is 9.87. The zero-order chi connectivity index (χ0) is 89.4. The van der Waals surface area contributed by atoms with Crippen LogP contribution in [-0.4, -0.2) is 84.0 Å². The lowest BCUT2D eigenvalue weighted by Crippen LogP contribution is -2.41. The van der Waals surface area contributed by atoms with E-state index >= 15 is 0 Å². The Hall–Kier alpha value is -8.98. The molecule has 8 aromatic rings. The maximum Gasteiger partial charge on any atom is 0.313 e. The Balaban J connectivity index is 0.000000203. The Morgan fingerprint density at radius 1 is 0.554 bits per heavy atom. The molecular weight excluding hydrogens is 1610 g/mol. The molecule has 0 radical (unpaired) electrons. The van der Waals surface area contributed by atoms with Crippen molar-refractivity contribution < 1.29 is 107 Å². The first kappa shape index (κ1) is 99.1. The molecule has 9 unspecified atom stereocenters. The number of benzene rings is 8. The van der Waals surface area contributed by atoms with Crippen LogP contribution in [0.5, 0.6) is 28.7 Å². The van der Waals surface area contributed by atoms with Crippen LogP contribution in [0.4, 0.5) is 30.7 Å². The van der Waals surface area contributed by atoms with E-state index in [0.29, 0.717) is 59.5 Å². The molecule has 1 saturated heterocycles. The summed E-state index contributed by atoms with van der Waals surface area (Å²) in [7, 11) is -6.29. The van der Waals surface area contributed by atoms with E-state index in [9.17, 15) is 68.3 Å². The SMILES string of the molecule is CCC(C)(C)C(=O)OC(OC1CCCCC1)C(C)(C)C.CCC(C)(C)C(=O)OC1C2CC3C(=O)OC1C3C2.CCC(C)c1ccc(O)cc1.CCC(C)c1ccc(OCCOc2c(CO)cc(C)cc2CO)cc1.CCC(C)c1ccc(Oc2c(F)c(F)c(S(=O)(=O)[O-])c(F)c2F)cc1.Fc1ccc([S+](c2ccc(F)cc2)c2ccc(F)cc2)cc1. The fourth-order valence-electron chi connectivity index (χ4n) is 13.7. The van der Waals surface area contributed by atoms with Gasteiger partial charge in [0.15, 0.2) is 26.3 Å². The first-order valence-corrected chi connectivity index (χ1v) is 44.1. The average molecular weight is 1730 g/mol. The van der Waals surface area contributed by atoms with Crippen molar-refractivity contribution in [1.29, 1.82) is 0 Å². The normalized spacial score (nSPS) is 17.7. The number of hydrogen-bond acceptors (Lipinski definition) is 16. The standard InChI is InChI=1S/C21H28O4.C18H12F3S.C17H32O3.C16H14F4O4S.C14H20O4.C10H14O/c1-4-16(3)17-5-7-20(8-6-17)24-9-10-25-21-18(13-22)11-15(2)12-19(21)14-23;19-13-1-7-16(8-2-13)22(17-9-3-14(20)4-10-17)18-11-5-15(21)6-12-18;1-7-17(5,6)14(18)20-15(16(2,3)4)19-13-11-9-8-10-12-13;1-3-8(2)9-4-6-10(7-5-9)24-15-11(17)13(19)16(25(21,22)23)14(20)12(15)18;1-4-14(2,3)13(16)18-10-7-5-8-9(6-7)12(15)17-11(8)10;1-3-8(2)9-4-6-10(11)7-5-9/h5-8,11-12,16,22-23H,4,9-10,13-14H2,1-3H3;1-12H;13,15H,7-12H2,1-6H3;4-8H,3H2,1-2H3,(H,21,22,23);7-11H,4-6H2,1-3H3;4-8,11H,3H2,1-2H3/q;+1;;;;/p-1. The molecule has 4 fully saturated rings. The third-order valence-corrected chi connectivity index (χ3v) is 25.7. The van der Waals surface area contributed by atoms with E-state index in [0.717, 1.165) is 89.4 Å². The average Bonchev–Trinajstić information content (AvgIpc) is 1.56. The summed E-state index contributed by atoms with van der Waals surface area (Å²) < 4.78 is 166. The molecule has 1 aliphatic heterocycles. The zero-order valence-corrected chi connectivity index (χ0v) is 73.8. The van der Waals surface area contributed by atoms with Crippen LogP contribution in [0.25, 0.3) is 0 Å². The molecule has 3 aliphatic carbocycles. The van der Waals surface area contributed by atoms with Gasteiger partial charge in [0, 0.05) is 28.4 Å². The summed E-state index contributed by atoms with van der Waals surface area (Å²) in [6.07, 6.45) is 11.8. The molecule has 9 atom stereocenters. The van der Waals surface area contributed by atoms with Gasteiger partial charge in [-0.05, 0) is 236 Å². The van der Waals surface area contributed by atoms with Gasteiger partial charge in [-0.3, -0.25) is 14.4 Å². The number of rotatable bonds is 27. The number of aliphatic hydroxyl groups is 2. The Bertz CT molecular complexity index is 4570. The molecule has 660 valence electrons. The van der Waals surface area contributed by atoms with Crippen LogP contribution in [-0.2, 0) is 67.6 Å². The zero-order valence-electron chi connectivity index (χ0n) is 72.2. The minimum Gasteiger partial charge on any atom is -0.744 e. The largest absolute Gasteiger partial charge is 0.744 e. The number of halogens is 7. The summed E-state index contributed by atoms with van der Waals surface area (Å²) in [4.78, 5) is 36.5. The van der Waals surface area contributed by atoms with Gasteiger partial charge in [0.1, 0.15) is 80.9 Å². The molecule has 121 heavy (non-hydrogen) atoms. The smallest absolute Gasteiger partial charge is 0.313 e. The Labute approximate surface area is 712 Å². The van der Waals surface area contributed by atoms with Crippen molar-refractivity contribution >= 4 is 38.9 Å². The van der Waals surface area contributed by atoms with Crippen LogP contribution in [0.2, 0.25) is 0 Å². The quantitative estimate of drug-likeness (QED) is 0.00635. The molecule has 16 nitrogen and oxygen atoms in total. The van der Waals surface area contributed by atoms with Crippen molar-refractivity contribution in [2.24, 2.45) is 34.0 Å². The van der Waals surface area contributed by atoms with Crippen molar-refractivity contribution in [3.8, 4) is 28.7 Å². The van der Waals surface area contributed by atoms with Crippen molar-refractivity contribution in [2.75, 3.05) is 13.2 Å². The van der Waals surface area contributed by atoms with Crippen molar-refractivity contribution in [3.05, 3.63) is 232 Å². The maximum absolute atomic E-state index is 13.9. The van der Waals surface area contributed by atoms with Gasteiger partial charge in [-0.1, -0.05) is 150 Å². The molecule has 0 aromatic heterocycles. The van der Waals surface area contributed by atoms with E-state index in [1.165, 1.54) is 78.9 Å². The fourth-order valence-corrected chi connectivity index (χ4v) is 16.4. The highest BCUT2D eigenvalue weighted by Crippen LogP contribution is 2.56. The number of aromatic hydroxyl groups is 1. The number of carbonyl (C=O) groups excluding carboxylic acids is 3. The van der Waals surface area contributed by atoms with Crippen molar-refractivity contribution in [3.63, 3.8) is 0 Å². The predicted molar refractivity (Wildman–Crippen MR) is 452 cm³/mol. The van der Waals surface area contributed by atoms with Gasteiger partial charge in [0.05, 0.1) is 47.0 Å². The lowest BCUT2D eigenvalue weighted by Gasteiger charge is -2.36. The highest BCUT2D eigenvalue weighted by molar-refractivity contribution is 7.97. The Morgan fingerprint density at radius 2 is 0.967 bits per heavy atom. The molecule has 1 heterocycles. The van der Waals surface area contributed by atoms with Gasteiger partial charge in [0.2, 0.25) is 23.7 Å². The number of carbonyl (C=O) groups is 3. The number of fused-ring (bicyclic) bond motifs is 1. The molecule has 3 N–H and O–H groups in total. The number of phenolic OH excluding ortho intramolecular Hbond substituents is 1. The first-order chi connectivity index (χ1) is 57.1. The van der Waals surface area contributed by atoms with Gasteiger partial charge in [-0.25, -0.2) is 30.4 Å². The first-order valence-electron chi connectivity index (χ1n) is 41.5. The molecule has 0 spiro atoms. The van der Waals surface area contributed by atoms with Gasteiger partial charge in [0.25, 0.3) is 0 Å². The Kier molecular flexibility index (Phi) is 37.2. The topological polar surface area (TPSA) is 234 Å². The highest BCUT2D eigenvalue weighted by Gasteiger charge is 2.63. The summed E-state index contributed by atoms with van der Waals surface area (Å²) in [5, 5.41) is 28.0. The second kappa shape index (κ2) is 45.4. The van der Waals surface area contributed by atoms with Crippen LogP contribution in [0.15, 0.2) is 177 Å². The Morgan fingerprint density at radius 3 is 1.37 bits per heavy atom. The van der Waals surface area contributed by atoms with E-state index in [-0.39, 0.29) is 89.9 Å². The highest BCUT2D eigenvalue weighted by atomic mass is 32.2. The summed E-state index contributed by atoms with van der Waals surface area (Å²) in [5.41, 5.74) is 4.78. The molecule has 3 saturated carbocycles. The summed E-state index contributed by atoms with van der Waals surface area (Å²) in [5.74, 6) is -8.07. The summed E-state index contributed by atoms with van der Waals surface area (Å²) in [6, 6.07) is 43.8. The minimum atomic E-state index is -5.75. The van der Waals surface area contributed by atoms with Crippen LogP contribution in [0, 0.1) is 81.6 Å². The van der Waals surface area contributed by atoms with Crippen LogP contribution in [0.3, 0.4) is 0 Å². The summed E-state index contributed by atoms with van der Waals surface area (Å²) >= 11 is 0. The van der Waals surface area contributed by atoms with E-state index in [2.05, 4.69) is 60.6 Å². The molecule has 25 heteroatoms. The van der Waals surface area contributed by atoms with Crippen molar-refractivity contribution in [2.45, 2.75) is 263 Å². The molecule has 0 amide bonds. The second-order valence-corrected chi connectivity index (χ2v) is 36.8. The molecule has 2 bridgehead atoms. The van der Waals surface area contributed by atoms with E-state index < -0.39 is 72.0 Å². The van der Waals surface area contributed by atoms with Crippen molar-refractivity contribution in [1.82, 2.24) is 0 Å². The van der Waals surface area contributed by atoms with E-state index in [1.807, 2.05) is 98.7 Å². The third kappa shape index (κ3) is 27.8. The number of ether oxygens (including phenoxy) is 7. The number of aryl methyl sites for hydroxylation is 1. The third-order valence-electron chi connectivity index (χ3n) is 22.6. The van der Waals surface area contributed by atoms with Crippen LogP contribution < -0.4 is 14.2 Å². The fraction of sp³-hybridized carbons (Fsp3) is 0.469. The predicted octanol–water partition coefficient (Wildman–Crippen LogP) is 23.1. The maximum atomic E-state index is 13.9. The number of aliphatic hydroxyl groups excluding tert-OH is 2. The number of esters is 3. The summed E-state index contributed by atoms with van der Waals surface area (Å²) in [6.45, 7) is 32.9. The lowest BCUT2D eigenvalue weighted by molar-refractivity contribution is -0.228. The molecular formula is C96H119F7O16S2. The van der Waals surface area contributed by atoms with E-state index in [1.54, 1.807) is 60.7 Å². The van der Waals surface area contributed by atoms with Gasteiger partial charge in [-0.15, -0.1) is 0 Å². The van der Waals surface area contributed by atoms with Gasteiger partial charge >= 0.3 is 17.9 Å². The van der Waals surface area contributed by atoms with E-state index in [4.69, 9.17) is 38.3 Å². The number of hydrogen-bond donors (Lipinski definition) is 3. The minimum absolute atomic E-state index is 0.0779. The van der Waals surface area contributed by atoms with Gasteiger partial charge < -0.3 is 53.0 Å². The second-order valence-electron chi connectivity index (χ2n) is 33.5. The molecule has 8 aromatic carbocycles. The van der Waals surface area contributed by atoms with Crippen LogP contribution in [0.1, 0.15) is 232 Å². The van der Waals surface area contributed by atoms with Gasteiger partial charge in [-0.2, -0.15) is 8.78 Å². The van der Waals surface area contributed by atoms with Crippen LogP contribution >= 0.6 is 0 Å². The number of phenols is 1. The monoisotopic (exact) mass is 1720 g/mol.